The molecule has 0 amide bonds. The van der Waals surface area contributed by atoms with Gasteiger partial charge in [-0.05, 0) is 37.1 Å². The van der Waals surface area contributed by atoms with E-state index >= 15 is 0 Å². The Hall–Kier alpha value is -1.47. The van der Waals surface area contributed by atoms with Crippen LogP contribution in [0.4, 0.5) is 4.39 Å². The number of hydrogen-bond donors (Lipinski definition) is 2. The zero-order valence-corrected chi connectivity index (χ0v) is 11.9. The number of nitrogens with two attached hydrogens (primary N) is 1. The molecule has 20 heavy (non-hydrogen) atoms. The number of amidine groups is 1. The van der Waals surface area contributed by atoms with Crippen LogP contribution < -0.4 is 5.73 Å². The molecular formula is C13H18FN3O2S. The van der Waals surface area contributed by atoms with E-state index in [1.54, 1.807) is 0 Å². The average Bonchev–Trinajstić information content (AvgIpc) is 2.89. The highest BCUT2D eigenvalue weighted by Crippen LogP contribution is 2.28. The standard InChI is InChI=1S/C13H18FN3O2S/c14-10-5-7-12(8-6-10)20(18,19)17(9-13(15)16)11-3-1-2-4-11/h5-8,11H,1-4,9H2,(H3,15,16). The predicted molar refractivity (Wildman–Crippen MR) is 74.5 cm³/mol. The van der Waals surface area contributed by atoms with Gasteiger partial charge in [-0.15, -0.1) is 0 Å². The molecule has 0 aromatic heterocycles. The highest BCUT2D eigenvalue weighted by atomic mass is 32.2. The van der Waals surface area contributed by atoms with Gasteiger partial charge in [-0.25, -0.2) is 12.8 Å². The van der Waals surface area contributed by atoms with Gasteiger partial charge in [0.1, 0.15) is 11.7 Å². The molecule has 1 saturated carbocycles. The van der Waals surface area contributed by atoms with Gasteiger partial charge in [-0.3, -0.25) is 5.41 Å². The van der Waals surface area contributed by atoms with Crippen molar-refractivity contribution in [1.29, 1.82) is 5.41 Å². The number of sulfonamides is 1. The number of rotatable bonds is 5. The molecule has 3 N–H and O–H groups in total. The third-order valence-electron chi connectivity index (χ3n) is 3.48. The molecule has 0 spiro atoms. The first-order valence-corrected chi connectivity index (χ1v) is 7.95. The first-order chi connectivity index (χ1) is 9.41. The summed E-state index contributed by atoms with van der Waals surface area (Å²) in [7, 11) is -3.75. The largest absolute Gasteiger partial charge is 0.387 e. The van der Waals surface area contributed by atoms with Crippen LogP contribution in [0.25, 0.3) is 0 Å². The summed E-state index contributed by atoms with van der Waals surface area (Å²) < 4.78 is 39.4. The summed E-state index contributed by atoms with van der Waals surface area (Å²) in [5.41, 5.74) is 5.38. The lowest BCUT2D eigenvalue weighted by molar-refractivity contribution is 0.353. The van der Waals surface area contributed by atoms with E-state index in [0.29, 0.717) is 0 Å². The van der Waals surface area contributed by atoms with E-state index in [0.717, 1.165) is 37.8 Å². The highest BCUT2D eigenvalue weighted by molar-refractivity contribution is 7.89. The Balaban J connectivity index is 2.34. The molecule has 1 fully saturated rings. The van der Waals surface area contributed by atoms with Crippen molar-refractivity contribution in [2.45, 2.75) is 36.6 Å². The van der Waals surface area contributed by atoms with Gasteiger partial charge in [0.15, 0.2) is 0 Å². The van der Waals surface area contributed by atoms with E-state index in [-0.39, 0.29) is 23.3 Å². The van der Waals surface area contributed by atoms with Gasteiger partial charge in [0.2, 0.25) is 10.0 Å². The van der Waals surface area contributed by atoms with Crippen LogP contribution in [0.3, 0.4) is 0 Å². The van der Waals surface area contributed by atoms with Crippen LogP contribution in [0.2, 0.25) is 0 Å². The number of benzene rings is 1. The van der Waals surface area contributed by atoms with Crippen LogP contribution in [-0.4, -0.2) is 31.1 Å². The predicted octanol–water partition coefficient (Wildman–Crippen LogP) is 1.69. The number of nitrogens with one attached hydrogen (secondary N) is 1. The van der Waals surface area contributed by atoms with Crippen LogP contribution in [-0.2, 0) is 10.0 Å². The molecule has 0 radical (unpaired) electrons. The molecule has 1 aliphatic rings. The van der Waals surface area contributed by atoms with Gasteiger partial charge >= 0.3 is 0 Å². The summed E-state index contributed by atoms with van der Waals surface area (Å²) in [6, 6.07) is 4.59. The maximum Gasteiger partial charge on any atom is 0.243 e. The minimum Gasteiger partial charge on any atom is -0.387 e. The van der Waals surface area contributed by atoms with E-state index in [1.165, 1.54) is 16.4 Å². The quantitative estimate of drug-likeness (QED) is 0.640. The van der Waals surface area contributed by atoms with Crippen molar-refractivity contribution in [2.24, 2.45) is 5.73 Å². The normalized spacial score (nSPS) is 16.7. The molecule has 0 bridgehead atoms. The van der Waals surface area contributed by atoms with E-state index in [2.05, 4.69) is 0 Å². The number of hydrogen-bond acceptors (Lipinski definition) is 3. The van der Waals surface area contributed by atoms with Crippen LogP contribution in [0.5, 0.6) is 0 Å². The Labute approximate surface area is 118 Å². The summed E-state index contributed by atoms with van der Waals surface area (Å²) in [4.78, 5) is 0.0343. The molecule has 2 rings (SSSR count). The third-order valence-corrected chi connectivity index (χ3v) is 5.39. The SMILES string of the molecule is N=C(N)CN(C1CCCC1)S(=O)(=O)c1ccc(F)cc1. The second-order valence-corrected chi connectivity index (χ2v) is 6.86. The van der Waals surface area contributed by atoms with E-state index < -0.39 is 15.8 Å². The fraction of sp³-hybridized carbons (Fsp3) is 0.462. The topological polar surface area (TPSA) is 87.2 Å². The van der Waals surface area contributed by atoms with Crippen molar-refractivity contribution >= 4 is 15.9 Å². The molecule has 0 saturated heterocycles. The van der Waals surface area contributed by atoms with Gasteiger partial charge in [0, 0.05) is 6.04 Å². The van der Waals surface area contributed by atoms with Crippen LogP contribution in [0.15, 0.2) is 29.2 Å². The Morgan fingerprint density at radius 1 is 1.30 bits per heavy atom. The molecule has 0 unspecified atom stereocenters. The van der Waals surface area contributed by atoms with Crippen molar-refractivity contribution in [3.8, 4) is 0 Å². The first kappa shape index (κ1) is 14.9. The summed E-state index contributed by atoms with van der Waals surface area (Å²) >= 11 is 0. The van der Waals surface area contributed by atoms with Crippen LogP contribution in [0, 0.1) is 11.2 Å². The van der Waals surface area contributed by atoms with E-state index in [1.807, 2.05) is 0 Å². The molecule has 1 aromatic rings. The molecule has 0 atom stereocenters. The molecule has 5 nitrogen and oxygen atoms in total. The van der Waals surface area contributed by atoms with E-state index in [9.17, 15) is 12.8 Å². The van der Waals surface area contributed by atoms with Crippen molar-refractivity contribution in [3.05, 3.63) is 30.1 Å². The molecule has 1 aromatic carbocycles. The van der Waals surface area contributed by atoms with Crippen molar-refractivity contribution in [2.75, 3.05) is 6.54 Å². The zero-order valence-electron chi connectivity index (χ0n) is 11.0. The zero-order chi connectivity index (χ0) is 14.8. The molecule has 110 valence electrons. The van der Waals surface area contributed by atoms with Crippen molar-refractivity contribution in [3.63, 3.8) is 0 Å². The minimum absolute atomic E-state index is 0.0343. The maximum atomic E-state index is 12.9. The Morgan fingerprint density at radius 3 is 2.35 bits per heavy atom. The molecule has 1 aliphatic carbocycles. The minimum atomic E-state index is -3.75. The fourth-order valence-corrected chi connectivity index (χ4v) is 4.18. The summed E-state index contributed by atoms with van der Waals surface area (Å²) in [5.74, 6) is -0.675. The van der Waals surface area contributed by atoms with Gasteiger partial charge < -0.3 is 5.73 Å². The first-order valence-electron chi connectivity index (χ1n) is 6.51. The van der Waals surface area contributed by atoms with Crippen molar-refractivity contribution in [1.82, 2.24) is 4.31 Å². The summed E-state index contributed by atoms with van der Waals surface area (Å²) in [6.07, 6.45) is 3.48. The highest BCUT2D eigenvalue weighted by Gasteiger charge is 2.33. The van der Waals surface area contributed by atoms with Gasteiger partial charge in [-0.1, -0.05) is 12.8 Å². The lowest BCUT2D eigenvalue weighted by Gasteiger charge is -2.27. The second-order valence-electron chi connectivity index (χ2n) is 4.97. The second kappa shape index (κ2) is 5.88. The van der Waals surface area contributed by atoms with Gasteiger partial charge in [0.25, 0.3) is 0 Å². The Morgan fingerprint density at radius 2 is 1.85 bits per heavy atom. The Kier molecular flexibility index (Phi) is 4.39. The van der Waals surface area contributed by atoms with Crippen LogP contribution >= 0.6 is 0 Å². The summed E-state index contributed by atoms with van der Waals surface area (Å²) in [6.45, 7) is -0.121. The van der Waals surface area contributed by atoms with Crippen molar-refractivity contribution < 1.29 is 12.8 Å². The van der Waals surface area contributed by atoms with Gasteiger partial charge in [-0.2, -0.15) is 4.31 Å². The average molecular weight is 299 g/mol. The number of nitrogens with zero attached hydrogens (tertiary/aromatic N) is 1. The molecular weight excluding hydrogens is 281 g/mol. The lowest BCUT2D eigenvalue weighted by atomic mass is 10.2. The maximum absolute atomic E-state index is 12.9. The lowest BCUT2D eigenvalue weighted by Crippen LogP contribution is -2.43. The smallest absolute Gasteiger partial charge is 0.243 e. The monoisotopic (exact) mass is 299 g/mol. The molecule has 0 heterocycles. The van der Waals surface area contributed by atoms with E-state index in [4.69, 9.17) is 11.1 Å². The third kappa shape index (κ3) is 3.16. The molecule has 7 heteroatoms. The Bertz CT molecular complexity index is 580. The molecule has 0 aliphatic heterocycles. The summed E-state index contributed by atoms with van der Waals surface area (Å²) in [5, 5.41) is 7.38. The van der Waals surface area contributed by atoms with Gasteiger partial charge in [0.05, 0.1) is 11.4 Å². The number of halogens is 1. The fourth-order valence-electron chi connectivity index (χ4n) is 2.51. The van der Waals surface area contributed by atoms with Crippen LogP contribution in [0.1, 0.15) is 25.7 Å².